The molecule has 2 rings (SSSR count). The Labute approximate surface area is 118 Å². The summed E-state index contributed by atoms with van der Waals surface area (Å²) in [6.07, 6.45) is 3.78. The van der Waals surface area contributed by atoms with Crippen LogP contribution in [0.3, 0.4) is 0 Å². The topological polar surface area (TPSA) is 56.7 Å². The van der Waals surface area contributed by atoms with E-state index in [0.29, 0.717) is 12.8 Å². The van der Waals surface area contributed by atoms with Gasteiger partial charge in [0.1, 0.15) is 18.0 Å². The molecule has 0 saturated heterocycles. The highest BCUT2D eigenvalue weighted by Gasteiger charge is 2.22. The van der Waals surface area contributed by atoms with Crippen LogP contribution in [-0.2, 0) is 19.4 Å². The number of aromatic nitrogens is 3. The van der Waals surface area contributed by atoms with Gasteiger partial charge in [0.05, 0.1) is 0 Å². The second-order valence-corrected chi connectivity index (χ2v) is 5.54. The van der Waals surface area contributed by atoms with Crippen molar-refractivity contribution in [2.75, 3.05) is 0 Å². The van der Waals surface area contributed by atoms with Crippen molar-refractivity contribution in [2.24, 2.45) is 5.73 Å². The van der Waals surface area contributed by atoms with E-state index < -0.39 is 5.54 Å². The number of halogens is 1. The Hall–Kier alpha value is -1.75. The fourth-order valence-electron chi connectivity index (χ4n) is 2.36. The summed E-state index contributed by atoms with van der Waals surface area (Å²) in [4.78, 5) is 4.28. The lowest BCUT2D eigenvalue weighted by molar-refractivity contribution is 0.431. The Kier molecular flexibility index (Phi) is 4.49. The van der Waals surface area contributed by atoms with Gasteiger partial charge < -0.3 is 5.73 Å². The first kappa shape index (κ1) is 14.7. The number of benzene rings is 1. The van der Waals surface area contributed by atoms with Gasteiger partial charge in [0.25, 0.3) is 0 Å². The smallest absolute Gasteiger partial charge is 0.138 e. The maximum Gasteiger partial charge on any atom is 0.138 e. The molecule has 1 aromatic heterocycles. The van der Waals surface area contributed by atoms with Crippen molar-refractivity contribution in [2.45, 2.75) is 45.2 Å². The Morgan fingerprint density at radius 1 is 1.35 bits per heavy atom. The van der Waals surface area contributed by atoms with Gasteiger partial charge >= 0.3 is 0 Å². The highest BCUT2D eigenvalue weighted by atomic mass is 19.1. The summed E-state index contributed by atoms with van der Waals surface area (Å²) in [6.45, 7) is 4.90. The molecule has 0 aliphatic rings. The van der Waals surface area contributed by atoms with Crippen LogP contribution in [0.15, 0.2) is 30.6 Å². The van der Waals surface area contributed by atoms with Crippen LogP contribution in [0.5, 0.6) is 0 Å². The first-order chi connectivity index (χ1) is 9.50. The molecule has 0 radical (unpaired) electrons. The monoisotopic (exact) mass is 276 g/mol. The Bertz CT molecular complexity index is 563. The molecule has 4 nitrogen and oxygen atoms in total. The largest absolute Gasteiger partial charge is 0.325 e. The van der Waals surface area contributed by atoms with Crippen LogP contribution in [0.1, 0.15) is 31.7 Å². The van der Waals surface area contributed by atoms with Gasteiger partial charge in [-0.3, -0.25) is 4.68 Å². The summed E-state index contributed by atoms with van der Waals surface area (Å²) in [6, 6.07) is 6.57. The van der Waals surface area contributed by atoms with E-state index in [-0.39, 0.29) is 5.82 Å². The predicted octanol–water partition coefficient (Wildman–Crippen LogP) is 2.33. The Morgan fingerprint density at radius 3 is 2.85 bits per heavy atom. The van der Waals surface area contributed by atoms with E-state index in [2.05, 4.69) is 17.0 Å². The maximum atomic E-state index is 13.2. The normalized spacial score (nSPS) is 14.2. The third-order valence-corrected chi connectivity index (χ3v) is 3.19. The molecule has 108 valence electrons. The van der Waals surface area contributed by atoms with Gasteiger partial charge in [0, 0.05) is 18.5 Å². The molecule has 1 atom stereocenters. The van der Waals surface area contributed by atoms with Gasteiger partial charge in [-0.25, -0.2) is 9.37 Å². The molecule has 0 amide bonds. The van der Waals surface area contributed by atoms with Gasteiger partial charge in [-0.05, 0) is 37.5 Å². The predicted molar refractivity (Wildman–Crippen MR) is 76.7 cm³/mol. The molecular weight excluding hydrogens is 255 g/mol. The van der Waals surface area contributed by atoms with Crippen molar-refractivity contribution >= 4 is 0 Å². The lowest BCUT2D eigenvalue weighted by Crippen LogP contribution is -2.41. The lowest BCUT2D eigenvalue weighted by Gasteiger charge is -2.24. The highest BCUT2D eigenvalue weighted by Crippen LogP contribution is 2.16. The van der Waals surface area contributed by atoms with Crippen molar-refractivity contribution in [1.29, 1.82) is 0 Å². The van der Waals surface area contributed by atoms with Crippen LogP contribution >= 0.6 is 0 Å². The van der Waals surface area contributed by atoms with Crippen LogP contribution in [0.4, 0.5) is 4.39 Å². The molecule has 1 unspecified atom stereocenters. The van der Waals surface area contributed by atoms with E-state index in [4.69, 9.17) is 5.73 Å². The van der Waals surface area contributed by atoms with E-state index in [1.165, 1.54) is 12.1 Å². The SMILES string of the molecule is CCCn1ncnc1CC(C)(N)Cc1cccc(F)c1. The number of nitrogens with zero attached hydrogens (tertiary/aromatic N) is 3. The molecule has 0 bridgehead atoms. The molecular formula is C15H21FN4. The molecule has 0 spiro atoms. The summed E-state index contributed by atoms with van der Waals surface area (Å²) >= 11 is 0. The third kappa shape index (κ3) is 3.87. The maximum absolute atomic E-state index is 13.2. The van der Waals surface area contributed by atoms with Crippen LogP contribution in [0.2, 0.25) is 0 Å². The summed E-state index contributed by atoms with van der Waals surface area (Å²) < 4.78 is 15.1. The van der Waals surface area contributed by atoms with Crippen LogP contribution < -0.4 is 5.73 Å². The zero-order valence-corrected chi connectivity index (χ0v) is 12.0. The first-order valence-electron chi connectivity index (χ1n) is 6.90. The third-order valence-electron chi connectivity index (χ3n) is 3.19. The van der Waals surface area contributed by atoms with Crippen LogP contribution in [-0.4, -0.2) is 20.3 Å². The Balaban J connectivity index is 2.08. The molecule has 1 aromatic carbocycles. The first-order valence-corrected chi connectivity index (χ1v) is 6.90. The molecule has 5 heteroatoms. The van der Waals surface area contributed by atoms with Crippen LogP contribution in [0.25, 0.3) is 0 Å². The molecule has 0 aliphatic carbocycles. The van der Waals surface area contributed by atoms with Crippen molar-refractivity contribution in [1.82, 2.24) is 14.8 Å². The number of rotatable bonds is 6. The van der Waals surface area contributed by atoms with Crippen molar-refractivity contribution in [3.8, 4) is 0 Å². The van der Waals surface area contributed by atoms with E-state index in [9.17, 15) is 4.39 Å². The van der Waals surface area contributed by atoms with Crippen molar-refractivity contribution in [3.63, 3.8) is 0 Å². The minimum Gasteiger partial charge on any atom is -0.325 e. The molecule has 20 heavy (non-hydrogen) atoms. The van der Waals surface area contributed by atoms with E-state index in [1.54, 1.807) is 12.4 Å². The summed E-state index contributed by atoms with van der Waals surface area (Å²) in [5.74, 6) is 0.653. The zero-order chi connectivity index (χ0) is 14.6. The molecule has 0 fully saturated rings. The number of aryl methyl sites for hydroxylation is 1. The second-order valence-electron chi connectivity index (χ2n) is 5.54. The molecule has 0 aliphatic heterocycles. The van der Waals surface area contributed by atoms with Crippen molar-refractivity contribution < 1.29 is 4.39 Å². The van der Waals surface area contributed by atoms with E-state index >= 15 is 0 Å². The fourth-order valence-corrected chi connectivity index (χ4v) is 2.36. The van der Waals surface area contributed by atoms with Gasteiger partial charge in [-0.1, -0.05) is 19.1 Å². The standard InChI is InChI=1S/C15H21FN4/c1-3-7-20-14(18-11-19-20)10-15(2,17)9-12-5-4-6-13(16)8-12/h4-6,8,11H,3,7,9-10,17H2,1-2H3. The molecule has 2 aromatic rings. The van der Waals surface area contributed by atoms with Crippen LogP contribution in [0, 0.1) is 5.82 Å². The Morgan fingerprint density at radius 2 is 2.15 bits per heavy atom. The average molecular weight is 276 g/mol. The van der Waals surface area contributed by atoms with E-state index in [1.807, 2.05) is 17.7 Å². The van der Waals surface area contributed by atoms with Gasteiger partial charge in [-0.15, -0.1) is 0 Å². The summed E-state index contributed by atoms with van der Waals surface area (Å²) in [5.41, 5.74) is 6.77. The molecule has 2 N–H and O–H groups in total. The van der Waals surface area contributed by atoms with Gasteiger partial charge in [0.15, 0.2) is 0 Å². The molecule has 0 saturated carbocycles. The average Bonchev–Trinajstić information content (AvgIpc) is 2.75. The zero-order valence-electron chi connectivity index (χ0n) is 12.0. The number of nitrogens with two attached hydrogens (primary N) is 1. The number of hydrogen-bond donors (Lipinski definition) is 1. The molecule has 1 heterocycles. The lowest BCUT2D eigenvalue weighted by atomic mass is 9.90. The summed E-state index contributed by atoms with van der Waals surface area (Å²) in [5, 5.41) is 4.20. The summed E-state index contributed by atoms with van der Waals surface area (Å²) in [7, 11) is 0. The van der Waals surface area contributed by atoms with Gasteiger partial charge in [-0.2, -0.15) is 5.10 Å². The highest BCUT2D eigenvalue weighted by molar-refractivity contribution is 5.19. The second kappa shape index (κ2) is 6.13. The van der Waals surface area contributed by atoms with Crippen molar-refractivity contribution in [3.05, 3.63) is 47.8 Å². The quantitative estimate of drug-likeness (QED) is 0.881. The number of hydrogen-bond acceptors (Lipinski definition) is 3. The van der Waals surface area contributed by atoms with E-state index in [0.717, 1.165) is 24.4 Å². The minimum absolute atomic E-state index is 0.229. The van der Waals surface area contributed by atoms with Gasteiger partial charge in [0.2, 0.25) is 0 Å². The fraction of sp³-hybridized carbons (Fsp3) is 0.467. The minimum atomic E-state index is -0.480.